The molecule has 0 aliphatic heterocycles. The first-order valence-electron chi connectivity index (χ1n) is 9.90. The number of pyridine rings is 3. The maximum absolute atomic E-state index is 9.06. The number of anilines is 1. The van der Waals surface area contributed by atoms with Crippen molar-refractivity contribution in [3.05, 3.63) is 47.8 Å². The summed E-state index contributed by atoms with van der Waals surface area (Å²) in [6, 6.07) is 9.39. The average Bonchev–Trinajstić information content (AvgIpc) is 3.14. The van der Waals surface area contributed by atoms with Gasteiger partial charge in [-0.15, -0.1) is 0 Å². The van der Waals surface area contributed by atoms with Crippen LogP contribution in [0.2, 0.25) is 0 Å². The van der Waals surface area contributed by atoms with E-state index in [1.54, 1.807) is 19.2 Å². The van der Waals surface area contributed by atoms with Crippen molar-refractivity contribution in [2.75, 3.05) is 19.0 Å². The van der Waals surface area contributed by atoms with Crippen LogP contribution in [0.3, 0.4) is 0 Å². The molecular weight excluding hydrogens is 426 g/mol. The predicted octanol–water partition coefficient (Wildman–Crippen LogP) is 4.29. The summed E-state index contributed by atoms with van der Waals surface area (Å²) in [5, 5.41) is 12.2. The van der Waals surface area contributed by atoms with E-state index in [0.717, 1.165) is 34.6 Å². The van der Waals surface area contributed by atoms with Crippen molar-refractivity contribution >= 4 is 29.3 Å². The largest absolute Gasteiger partial charge is 0.398 e. The summed E-state index contributed by atoms with van der Waals surface area (Å²) < 4.78 is 13.1. The predicted molar refractivity (Wildman–Crippen MR) is 124 cm³/mol. The summed E-state index contributed by atoms with van der Waals surface area (Å²) in [4.78, 5) is 18.5. The van der Waals surface area contributed by atoms with Gasteiger partial charge in [-0.05, 0) is 43.7 Å². The summed E-state index contributed by atoms with van der Waals surface area (Å²) >= 11 is 0.877. The number of hydrogen-bond acceptors (Lipinski definition) is 9. The Morgan fingerprint density at radius 2 is 2.03 bits per heavy atom. The molecule has 0 aliphatic rings. The molecule has 0 saturated carbocycles. The van der Waals surface area contributed by atoms with Crippen molar-refractivity contribution in [2.45, 2.75) is 13.8 Å². The molecule has 0 saturated heterocycles. The van der Waals surface area contributed by atoms with E-state index in [2.05, 4.69) is 21.4 Å². The van der Waals surface area contributed by atoms with E-state index >= 15 is 0 Å². The number of rotatable bonds is 7. The lowest BCUT2D eigenvalue weighted by molar-refractivity contribution is 0.369. The lowest BCUT2D eigenvalue weighted by Crippen LogP contribution is -2.04. The minimum Gasteiger partial charge on any atom is -0.398 e. The zero-order chi connectivity index (χ0) is 22.7. The maximum Gasteiger partial charge on any atom is 0.225 e. The van der Waals surface area contributed by atoms with E-state index in [9.17, 15) is 0 Å². The highest BCUT2D eigenvalue weighted by atomic mass is 32.2. The topological polar surface area (TPSA) is 111 Å². The molecule has 9 nitrogen and oxygen atoms in total. The number of nitrogens with zero attached hydrogens (tertiary/aromatic N) is 6. The second-order valence-electron chi connectivity index (χ2n) is 6.93. The van der Waals surface area contributed by atoms with Crippen LogP contribution >= 0.6 is 12.3 Å². The third-order valence-corrected chi connectivity index (χ3v) is 5.32. The highest BCUT2D eigenvalue weighted by molar-refractivity contribution is 7.90. The van der Waals surface area contributed by atoms with Gasteiger partial charge in [-0.1, -0.05) is 0 Å². The van der Waals surface area contributed by atoms with Crippen LogP contribution in [0, 0.1) is 18.3 Å². The maximum atomic E-state index is 9.06. The first-order valence-corrected chi connectivity index (χ1v) is 10.6. The van der Waals surface area contributed by atoms with E-state index in [1.165, 1.54) is 6.20 Å². The Hall–Kier alpha value is -3.68. The van der Waals surface area contributed by atoms with Gasteiger partial charge in [0.1, 0.15) is 17.4 Å². The first kappa shape index (κ1) is 21.5. The molecule has 0 amide bonds. The van der Waals surface area contributed by atoms with E-state index < -0.39 is 0 Å². The molecule has 0 unspecified atom stereocenters. The van der Waals surface area contributed by atoms with Crippen molar-refractivity contribution in [1.29, 1.82) is 5.26 Å². The van der Waals surface area contributed by atoms with E-state index in [0.29, 0.717) is 40.9 Å². The standard InChI is InChI=1S/C22H21N7O2S/c1-5-30-32-31-18-9-15(16-7-6-14(10-23)12-25-16)20(24-3)28-19(18)22-27-17-8-13(2)11-26-21(17)29(22)4/h6-9,11-12H,5H2,1-4H3,(H,24,28). The summed E-state index contributed by atoms with van der Waals surface area (Å²) in [5.74, 6) is 1.68. The second-order valence-corrected chi connectivity index (χ2v) is 7.47. The lowest BCUT2D eigenvalue weighted by Gasteiger charge is -2.14. The highest BCUT2D eigenvalue weighted by Crippen LogP contribution is 2.38. The molecule has 0 fully saturated rings. The quantitative estimate of drug-likeness (QED) is 0.327. The summed E-state index contributed by atoms with van der Waals surface area (Å²) in [6.07, 6.45) is 3.33. The van der Waals surface area contributed by atoms with E-state index in [-0.39, 0.29) is 0 Å². The number of nitrogens with one attached hydrogen (secondary N) is 1. The number of imidazole rings is 1. The van der Waals surface area contributed by atoms with Crippen molar-refractivity contribution < 1.29 is 8.37 Å². The van der Waals surface area contributed by atoms with Crippen molar-refractivity contribution in [1.82, 2.24) is 24.5 Å². The number of aromatic nitrogens is 5. The van der Waals surface area contributed by atoms with Gasteiger partial charge in [-0.3, -0.25) is 9.17 Å². The summed E-state index contributed by atoms with van der Waals surface area (Å²) in [7, 11) is 3.68. The Kier molecular flexibility index (Phi) is 6.20. The van der Waals surface area contributed by atoms with Crippen LogP contribution in [-0.2, 0) is 11.2 Å². The Morgan fingerprint density at radius 3 is 2.72 bits per heavy atom. The fraction of sp³-hybridized carbons (Fsp3) is 0.227. The minimum absolute atomic E-state index is 0.471. The summed E-state index contributed by atoms with van der Waals surface area (Å²) in [6.45, 7) is 4.34. The Labute approximate surface area is 189 Å². The van der Waals surface area contributed by atoms with Crippen molar-refractivity contribution in [2.24, 2.45) is 7.05 Å². The molecule has 4 heterocycles. The van der Waals surface area contributed by atoms with Gasteiger partial charge in [0.15, 0.2) is 22.9 Å². The van der Waals surface area contributed by atoms with Crippen LogP contribution in [0.5, 0.6) is 5.75 Å². The molecule has 162 valence electrons. The monoisotopic (exact) mass is 447 g/mol. The number of aryl methyl sites for hydroxylation is 2. The van der Waals surface area contributed by atoms with Crippen LogP contribution in [0.15, 0.2) is 36.7 Å². The number of nitriles is 1. The van der Waals surface area contributed by atoms with Crippen molar-refractivity contribution in [3.63, 3.8) is 0 Å². The van der Waals surface area contributed by atoms with Gasteiger partial charge in [0.2, 0.25) is 12.3 Å². The Morgan fingerprint density at radius 1 is 1.19 bits per heavy atom. The van der Waals surface area contributed by atoms with Crippen LogP contribution in [0.1, 0.15) is 18.1 Å². The molecule has 4 aromatic rings. The van der Waals surface area contributed by atoms with Gasteiger partial charge in [0.25, 0.3) is 0 Å². The van der Waals surface area contributed by atoms with Crippen LogP contribution in [-0.4, -0.2) is 38.2 Å². The SMILES string of the molecule is CCOSOc1cc(-c2ccc(C#N)cn2)c(NC)nc1-c1nc2cc(C)cnc2n1C. The Balaban J connectivity index is 1.89. The first-order chi connectivity index (χ1) is 15.5. The van der Waals surface area contributed by atoms with E-state index in [4.69, 9.17) is 23.6 Å². The zero-order valence-corrected chi connectivity index (χ0v) is 18.9. The normalized spacial score (nSPS) is 10.8. The third-order valence-electron chi connectivity index (χ3n) is 4.74. The van der Waals surface area contributed by atoms with Crippen LogP contribution in [0.25, 0.3) is 33.9 Å². The average molecular weight is 448 g/mol. The minimum atomic E-state index is 0.471. The third kappa shape index (κ3) is 4.08. The van der Waals surface area contributed by atoms with Gasteiger partial charge >= 0.3 is 0 Å². The van der Waals surface area contributed by atoms with Gasteiger partial charge in [-0.25, -0.2) is 15.0 Å². The number of fused-ring (bicyclic) bond motifs is 1. The molecule has 4 aromatic heterocycles. The molecule has 4 rings (SSSR count). The van der Waals surface area contributed by atoms with Gasteiger partial charge in [0, 0.05) is 32.1 Å². The molecule has 10 heteroatoms. The molecule has 1 N–H and O–H groups in total. The number of hydrogen-bond donors (Lipinski definition) is 1. The lowest BCUT2D eigenvalue weighted by atomic mass is 10.1. The molecule has 0 aliphatic carbocycles. The summed E-state index contributed by atoms with van der Waals surface area (Å²) in [5.41, 5.74) is 4.95. The fourth-order valence-electron chi connectivity index (χ4n) is 3.22. The molecule has 0 bridgehead atoms. The smallest absolute Gasteiger partial charge is 0.225 e. The highest BCUT2D eigenvalue weighted by Gasteiger charge is 2.22. The molecule has 32 heavy (non-hydrogen) atoms. The molecule has 0 atom stereocenters. The fourth-order valence-corrected chi connectivity index (χ4v) is 3.57. The van der Waals surface area contributed by atoms with Gasteiger partial charge in [-0.2, -0.15) is 5.26 Å². The molecule has 0 radical (unpaired) electrons. The van der Waals surface area contributed by atoms with Crippen LogP contribution < -0.4 is 9.50 Å². The van der Waals surface area contributed by atoms with Gasteiger partial charge in [0.05, 0.1) is 17.9 Å². The zero-order valence-electron chi connectivity index (χ0n) is 18.1. The Bertz CT molecular complexity index is 1310. The molecular formula is C22H21N7O2S. The second kappa shape index (κ2) is 9.21. The van der Waals surface area contributed by atoms with Crippen molar-refractivity contribution in [3.8, 4) is 34.6 Å². The molecule has 0 aromatic carbocycles. The van der Waals surface area contributed by atoms with Gasteiger partial charge < -0.3 is 14.1 Å². The van der Waals surface area contributed by atoms with E-state index in [1.807, 2.05) is 43.8 Å². The molecule has 0 spiro atoms. The van der Waals surface area contributed by atoms with Crippen LogP contribution in [0.4, 0.5) is 5.82 Å².